The van der Waals surface area contributed by atoms with Crippen LogP contribution in [0.15, 0.2) is 11.9 Å². The Kier molecular flexibility index (Phi) is 3.26. The summed E-state index contributed by atoms with van der Waals surface area (Å²) in [4.78, 5) is 10.3. The standard InChI is InChI=1S/C8H13FO/c1-7(9)4-5-8(2,3)6-10/h4,6H,5H2,1-3H3/b7-4-. The van der Waals surface area contributed by atoms with Gasteiger partial charge in [0.1, 0.15) is 6.29 Å². The highest BCUT2D eigenvalue weighted by Gasteiger charge is 2.13. The summed E-state index contributed by atoms with van der Waals surface area (Å²) in [5.74, 6) is -0.227. The molecule has 0 aromatic heterocycles. The highest BCUT2D eigenvalue weighted by Crippen LogP contribution is 2.18. The molecule has 0 aliphatic heterocycles. The first-order valence-corrected chi connectivity index (χ1v) is 3.26. The van der Waals surface area contributed by atoms with Gasteiger partial charge >= 0.3 is 0 Å². The summed E-state index contributed by atoms with van der Waals surface area (Å²) in [6.07, 6.45) is 2.74. The Hall–Kier alpha value is -0.660. The van der Waals surface area contributed by atoms with Crippen molar-refractivity contribution in [2.45, 2.75) is 27.2 Å². The van der Waals surface area contributed by atoms with E-state index in [-0.39, 0.29) is 5.83 Å². The summed E-state index contributed by atoms with van der Waals surface area (Å²) in [6.45, 7) is 4.93. The van der Waals surface area contributed by atoms with Gasteiger partial charge in [0.05, 0.1) is 5.83 Å². The van der Waals surface area contributed by atoms with E-state index in [1.54, 1.807) is 13.8 Å². The van der Waals surface area contributed by atoms with Crippen LogP contribution < -0.4 is 0 Å². The van der Waals surface area contributed by atoms with Crippen LogP contribution in [0.2, 0.25) is 0 Å². The van der Waals surface area contributed by atoms with Gasteiger partial charge in [0.25, 0.3) is 0 Å². The van der Waals surface area contributed by atoms with E-state index in [0.717, 1.165) is 6.29 Å². The predicted molar refractivity (Wildman–Crippen MR) is 39.3 cm³/mol. The number of rotatable bonds is 3. The van der Waals surface area contributed by atoms with Gasteiger partial charge < -0.3 is 4.79 Å². The van der Waals surface area contributed by atoms with Crippen molar-refractivity contribution in [3.63, 3.8) is 0 Å². The molecule has 58 valence electrons. The summed E-state index contributed by atoms with van der Waals surface area (Å²) in [5.41, 5.74) is -0.423. The van der Waals surface area contributed by atoms with Gasteiger partial charge in [-0.3, -0.25) is 0 Å². The van der Waals surface area contributed by atoms with Crippen LogP contribution in [0.5, 0.6) is 0 Å². The fourth-order valence-corrected chi connectivity index (χ4v) is 0.452. The smallest absolute Gasteiger partial charge is 0.125 e. The molecule has 0 aliphatic carbocycles. The first-order valence-electron chi connectivity index (χ1n) is 3.26. The molecule has 0 saturated carbocycles. The van der Waals surface area contributed by atoms with Crippen LogP contribution >= 0.6 is 0 Å². The summed E-state index contributed by atoms with van der Waals surface area (Å²) in [7, 11) is 0. The topological polar surface area (TPSA) is 17.1 Å². The summed E-state index contributed by atoms with van der Waals surface area (Å²) < 4.78 is 12.1. The van der Waals surface area contributed by atoms with E-state index < -0.39 is 5.41 Å². The molecule has 0 saturated heterocycles. The largest absolute Gasteiger partial charge is 0.303 e. The summed E-state index contributed by atoms with van der Waals surface area (Å²) in [5, 5.41) is 0. The molecular weight excluding hydrogens is 131 g/mol. The van der Waals surface area contributed by atoms with E-state index in [9.17, 15) is 9.18 Å². The summed E-state index contributed by atoms with van der Waals surface area (Å²) >= 11 is 0. The van der Waals surface area contributed by atoms with Crippen molar-refractivity contribution in [3.8, 4) is 0 Å². The minimum Gasteiger partial charge on any atom is -0.303 e. The summed E-state index contributed by atoms with van der Waals surface area (Å²) in [6, 6.07) is 0. The average molecular weight is 144 g/mol. The molecule has 0 atom stereocenters. The molecule has 2 heteroatoms. The molecule has 0 radical (unpaired) electrons. The highest BCUT2D eigenvalue weighted by atomic mass is 19.1. The lowest BCUT2D eigenvalue weighted by Crippen LogP contribution is -2.10. The third-order valence-corrected chi connectivity index (χ3v) is 1.23. The van der Waals surface area contributed by atoms with Crippen molar-refractivity contribution in [1.82, 2.24) is 0 Å². The van der Waals surface area contributed by atoms with E-state index in [4.69, 9.17) is 0 Å². The van der Waals surface area contributed by atoms with Gasteiger partial charge in [-0.25, -0.2) is 4.39 Å². The zero-order chi connectivity index (χ0) is 8.20. The van der Waals surface area contributed by atoms with Crippen molar-refractivity contribution in [2.24, 2.45) is 5.41 Å². The number of carbonyl (C=O) groups is 1. The quantitative estimate of drug-likeness (QED) is 0.556. The van der Waals surface area contributed by atoms with Crippen molar-refractivity contribution >= 4 is 6.29 Å². The highest BCUT2D eigenvalue weighted by molar-refractivity contribution is 5.58. The lowest BCUT2D eigenvalue weighted by Gasteiger charge is -2.12. The fraction of sp³-hybridized carbons (Fsp3) is 0.625. The number of hydrogen-bond acceptors (Lipinski definition) is 1. The molecule has 0 bridgehead atoms. The van der Waals surface area contributed by atoms with Crippen LogP contribution in [-0.2, 0) is 4.79 Å². The molecule has 10 heavy (non-hydrogen) atoms. The Morgan fingerprint density at radius 3 is 2.40 bits per heavy atom. The molecule has 0 amide bonds. The number of aldehydes is 1. The Morgan fingerprint density at radius 2 is 2.10 bits per heavy atom. The van der Waals surface area contributed by atoms with Crippen LogP contribution in [0.3, 0.4) is 0 Å². The minimum absolute atomic E-state index is 0.227. The van der Waals surface area contributed by atoms with Gasteiger partial charge in [-0.2, -0.15) is 0 Å². The minimum atomic E-state index is -0.423. The second-order valence-corrected chi connectivity index (χ2v) is 3.10. The van der Waals surface area contributed by atoms with Crippen molar-refractivity contribution in [1.29, 1.82) is 0 Å². The van der Waals surface area contributed by atoms with Gasteiger partial charge in [0.15, 0.2) is 0 Å². The first-order chi connectivity index (χ1) is 4.48. The van der Waals surface area contributed by atoms with Gasteiger partial charge in [-0.1, -0.05) is 19.9 Å². The third kappa shape index (κ3) is 4.24. The molecule has 0 unspecified atom stereocenters. The van der Waals surface area contributed by atoms with E-state index in [1.165, 1.54) is 13.0 Å². The van der Waals surface area contributed by atoms with Gasteiger partial charge in [-0.15, -0.1) is 0 Å². The Morgan fingerprint density at radius 1 is 1.60 bits per heavy atom. The van der Waals surface area contributed by atoms with E-state index in [2.05, 4.69) is 0 Å². The molecule has 1 nitrogen and oxygen atoms in total. The zero-order valence-electron chi connectivity index (χ0n) is 6.65. The molecule has 0 rings (SSSR count). The molecule has 0 aromatic rings. The van der Waals surface area contributed by atoms with Crippen molar-refractivity contribution in [3.05, 3.63) is 11.9 Å². The Labute approximate surface area is 60.9 Å². The van der Waals surface area contributed by atoms with Crippen LogP contribution in [0.4, 0.5) is 4.39 Å². The maximum Gasteiger partial charge on any atom is 0.125 e. The molecule has 0 fully saturated rings. The maximum atomic E-state index is 12.1. The molecule has 0 heterocycles. The lowest BCUT2D eigenvalue weighted by atomic mass is 9.91. The zero-order valence-corrected chi connectivity index (χ0v) is 6.65. The number of allylic oxidation sites excluding steroid dienone is 2. The first kappa shape index (κ1) is 9.34. The SMILES string of the molecule is C/C(F)=C/CC(C)(C)C=O. The maximum absolute atomic E-state index is 12.1. The monoisotopic (exact) mass is 144 g/mol. The van der Waals surface area contributed by atoms with Crippen molar-refractivity contribution < 1.29 is 9.18 Å². The number of hydrogen-bond donors (Lipinski definition) is 0. The van der Waals surface area contributed by atoms with Gasteiger partial charge in [0.2, 0.25) is 0 Å². The average Bonchev–Trinajstić information content (AvgIpc) is 1.85. The lowest BCUT2D eigenvalue weighted by molar-refractivity contribution is -0.114. The molecular formula is C8H13FO. The Bertz CT molecular complexity index is 143. The molecule has 0 N–H and O–H groups in total. The second-order valence-electron chi connectivity index (χ2n) is 3.10. The van der Waals surface area contributed by atoms with E-state index in [1.807, 2.05) is 0 Å². The van der Waals surface area contributed by atoms with E-state index >= 15 is 0 Å². The van der Waals surface area contributed by atoms with E-state index in [0.29, 0.717) is 6.42 Å². The van der Waals surface area contributed by atoms with Crippen LogP contribution in [-0.4, -0.2) is 6.29 Å². The fourth-order valence-electron chi connectivity index (χ4n) is 0.452. The third-order valence-electron chi connectivity index (χ3n) is 1.23. The normalized spacial score (nSPS) is 13.4. The van der Waals surface area contributed by atoms with Crippen LogP contribution in [0, 0.1) is 5.41 Å². The molecule has 0 spiro atoms. The van der Waals surface area contributed by atoms with Crippen molar-refractivity contribution in [2.75, 3.05) is 0 Å². The Balaban J connectivity index is 3.90. The van der Waals surface area contributed by atoms with Gasteiger partial charge in [0, 0.05) is 5.41 Å². The number of halogens is 1. The van der Waals surface area contributed by atoms with Gasteiger partial charge in [-0.05, 0) is 13.3 Å². The van der Waals surface area contributed by atoms with Crippen LogP contribution in [0.25, 0.3) is 0 Å². The second kappa shape index (κ2) is 3.49. The predicted octanol–water partition coefficient (Wildman–Crippen LogP) is 2.47. The number of carbonyl (C=O) groups excluding carboxylic acids is 1. The van der Waals surface area contributed by atoms with Crippen LogP contribution in [0.1, 0.15) is 27.2 Å². The molecule has 0 aromatic carbocycles. The molecule has 0 aliphatic rings.